The van der Waals surface area contributed by atoms with Crippen molar-refractivity contribution in [3.8, 4) is 39.1 Å². The summed E-state index contributed by atoms with van der Waals surface area (Å²) in [6, 6.07) is 42.1. The summed E-state index contributed by atoms with van der Waals surface area (Å²) in [5, 5.41) is 3.23. The zero-order valence-electron chi connectivity index (χ0n) is 19.4. The van der Waals surface area contributed by atoms with Gasteiger partial charge in [0.15, 0.2) is 0 Å². The van der Waals surface area contributed by atoms with E-state index in [1.807, 2.05) is 54.6 Å². The number of hydrogen-bond donors (Lipinski definition) is 1. The molecule has 0 fully saturated rings. The van der Waals surface area contributed by atoms with Gasteiger partial charge in [0.1, 0.15) is 5.75 Å². The Kier molecular flexibility index (Phi) is 6.40. The van der Waals surface area contributed by atoms with Gasteiger partial charge in [0.05, 0.1) is 12.8 Å². The summed E-state index contributed by atoms with van der Waals surface area (Å²) in [6.07, 6.45) is 0. The number of methoxy groups -OCH3 is 1. The highest BCUT2D eigenvalue weighted by Gasteiger charge is 2.18. The van der Waals surface area contributed by atoms with Gasteiger partial charge in [-0.1, -0.05) is 91.0 Å². The van der Waals surface area contributed by atoms with E-state index in [4.69, 9.17) is 4.74 Å². The van der Waals surface area contributed by atoms with Crippen LogP contribution in [0.3, 0.4) is 0 Å². The smallest absolute Gasteiger partial charge is 0.255 e. The molecule has 35 heavy (non-hydrogen) atoms. The molecule has 0 aliphatic heterocycles. The summed E-state index contributed by atoms with van der Waals surface area (Å²) < 4.78 is 5.24. The highest BCUT2D eigenvalue weighted by Crippen LogP contribution is 2.41. The third-order valence-electron chi connectivity index (χ3n) is 6.01. The predicted molar refractivity (Wildman–Crippen MR) is 144 cm³/mol. The predicted octanol–water partition coefficient (Wildman–Crippen LogP) is 7.95. The summed E-state index contributed by atoms with van der Waals surface area (Å²) in [6.45, 7) is 0. The second kappa shape index (κ2) is 10.1. The molecule has 170 valence electrons. The monoisotopic (exact) mass is 455 g/mol. The number of anilines is 1. The third kappa shape index (κ3) is 4.85. The molecule has 0 aliphatic carbocycles. The fourth-order valence-corrected chi connectivity index (χ4v) is 4.19. The Morgan fingerprint density at radius 3 is 1.49 bits per heavy atom. The molecule has 1 N–H and O–H groups in total. The highest BCUT2D eigenvalue weighted by molar-refractivity contribution is 6.10. The maximum absolute atomic E-state index is 13.4. The summed E-state index contributed by atoms with van der Waals surface area (Å²) >= 11 is 0. The van der Waals surface area contributed by atoms with Crippen molar-refractivity contribution in [2.45, 2.75) is 0 Å². The first kappa shape index (κ1) is 22.2. The van der Waals surface area contributed by atoms with E-state index in [2.05, 4.69) is 53.8 Å². The number of hydrogen-bond acceptors (Lipinski definition) is 2. The number of nitrogens with one attached hydrogen (secondary N) is 1. The lowest BCUT2D eigenvalue weighted by molar-refractivity contribution is 0.102. The van der Waals surface area contributed by atoms with Gasteiger partial charge < -0.3 is 10.1 Å². The van der Waals surface area contributed by atoms with Crippen molar-refractivity contribution in [2.24, 2.45) is 0 Å². The molecule has 0 spiro atoms. The Hall–Kier alpha value is -4.63. The lowest BCUT2D eigenvalue weighted by atomic mass is 9.91. The second-order valence-corrected chi connectivity index (χ2v) is 8.23. The molecular weight excluding hydrogens is 430 g/mol. The van der Waals surface area contributed by atoms with Crippen molar-refractivity contribution in [1.29, 1.82) is 0 Å². The molecule has 3 heteroatoms. The molecule has 0 aliphatic rings. The number of carbonyl (C=O) groups excluding carboxylic acids is 1. The molecule has 5 rings (SSSR count). The first-order valence-corrected chi connectivity index (χ1v) is 11.5. The van der Waals surface area contributed by atoms with Crippen LogP contribution in [-0.4, -0.2) is 13.0 Å². The van der Waals surface area contributed by atoms with Gasteiger partial charge in [0, 0.05) is 16.7 Å². The average Bonchev–Trinajstić information content (AvgIpc) is 2.94. The van der Waals surface area contributed by atoms with Crippen LogP contribution in [-0.2, 0) is 0 Å². The quantitative estimate of drug-likeness (QED) is 0.282. The first-order chi connectivity index (χ1) is 17.2. The minimum atomic E-state index is -0.172. The zero-order valence-corrected chi connectivity index (χ0v) is 19.4. The van der Waals surface area contributed by atoms with Gasteiger partial charge >= 0.3 is 0 Å². The molecule has 0 radical (unpaired) electrons. The minimum absolute atomic E-state index is 0.172. The highest BCUT2D eigenvalue weighted by atomic mass is 16.5. The van der Waals surface area contributed by atoms with Crippen molar-refractivity contribution in [3.05, 3.63) is 133 Å². The summed E-state index contributed by atoms with van der Waals surface area (Å²) in [5.74, 6) is 0.540. The SMILES string of the molecule is COc1ccc(C(=O)Nc2c(-c3ccccc3)cc(-c3ccccc3)cc2-c2ccccc2)cc1. The van der Waals surface area contributed by atoms with E-state index in [1.54, 1.807) is 31.4 Å². The number of ether oxygens (including phenoxy) is 1. The Labute approximate surface area is 205 Å². The van der Waals surface area contributed by atoms with E-state index < -0.39 is 0 Å². The Morgan fingerprint density at radius 2 is 1.03 bits per heavy atom. The van der Waals surface area contributed by atoms with Gasteiger partial charge in [-0.25, -0.2) is 0 Å². The van der Waals surface area contributed by atoms with Crippen molar-refractivity contribution in [3.63, 3.8) is 0 Å². The number of benzene rings is 5. The minimum Gasteiger partial charge on any atom is -0.497 e. The lowest BCUT2D eigenvalue weighted by Gasteiger charge is -2.19. The van der Waals surface area contributed by atoms with Crippen LogP contribution in [0.4, 0.5) is 5.69 Å². The van der Waals surface area contributed by atoms with Crippen LogP contribution >= 0.6 is 0 Å². The molecule has 0 saturated carbocycles. The van der Waals surface area contributed by atoms with Gasteiger partial charge in [-0.05, 0) is 58.7 Å². The van der Waals surface area contributed by atoms with Crippen LogP contribution in [0, 0.1) is 0 Å². The molecule has 0 bridgehead atoms. The molecule has 5 aromatic rings. The second-order valence-electron chi connectivity index (χ2n) is 8.23. The maximum Gasteiger partial charge on any atom is 0.255 e. The molecule has 0 unspecified atom stereocenters. The van der Waals surface area contributed by atoms with E-state index in [-0.39, 0.29) is 5.91 Å². The average molecular weight is 456 g/mol. The molecule has 0 aromatic heterocycles. The normalized spacial score (nSPS) is 10.5. The van der Waals surface area contributed by atoms with Crippen LogP contribution < -0.4 is 10.1 Å². The van der Waals surface area contributed by atoms with Gasteiger partial charge in [-0.2, -0.15) is 0 Å². The van der Waals surface area contributed by atoms with E-state index >= 15 is 0 Å². The van der Waals surface area contributed by atoms with Crippen LogP contribution in [0.5, 0.6) is 5.75 Å². The fraction of sp³-hybridized carbons (Fsp3) is 0.0312. The topological polar surface area (TPSA) is 38.3 Å². The van der Waals surface area contributed by atoms with Gasteiger partial charge in [-0.15, -0.1) is 0 Å². The van der Waals surface area contributed by atoms with E-state index in [0.717, 1.165) is 39.1 Å². The Bertz CT molecular complexity index is 1370. The standard InChI is InChI=1S/C32H25NO2/c1-35-28-19-17-26(18-20-28)32(34)33-31-29(24-13-7-3-8-14-24)21-27(23-11-5-2-6-12-23)22-30(31)25-15-9-4-10-16-25/h2-22H,1H3,(H,33,34). The van der Waals surface area contributed by atoms with Crippen molar-refractivity contribution >= 4 is 11.6 Å². The molecule has 0 heterocycles. The number of carbonyl (C=O) groups is 1. The van der Waals surface area contributed by atoms with E-state index in [9.17, 15) is 4.79 Å². The van der Waals surface area contributed by atoms with E-state index in [1.165, 1.54) is 0 Å². The zero-order chi connectivity index (χ0) is 24.0. The van der Waals surface area contributed by atoms with Crippen LogP contribution in [0.2, 0.25) is 0 Å². The molecule has 0 saturated heterocycles. The van der Waals surface area contributed by atoms with Gasteiger partial charge in [0.25, 0.3) is 5.91 Å². The summed E-state index contributed by atoms with van der Waals surface area (Å²) in [7, 11) is 1.61. The Morgan fingerprint density at radius 1 is 0.571 bits per heavy atom. The lowest BCUT2D eigenvalue weighted by Crippen LogP contribution is -2.13. The van der Waals surface area contributed by atoms with Crippen LogP contribution in [0.25, 0.3) is 33.4 Å². The largest absolute Gasteiger partial charge is 0.497 e. The van der Waals surface area contributed by atoms with Crippen molar-refractivity contribution in [2.75, 3.05) is 12.4 Å². The molecular formula is C32H25NO2. The molecule has 0 atom stereocenters. The summed E-state index contributed by atoms with van der Waals surface area (Å²) in [5.41, 5.74) is 7.56. The third-order valence-corrected chi connectivity index (χ3v) is 6.01. The first-order valence-electron chi connectivity index (χ1n) is 11.5. The van der Waals surface area contributed by atoms with E-state index in [0.29, 0.717) is 11.3 Å². The molecule has 3 nitrogen and oxygen atoms in total. The van der Waals surface area contributed by atoms with Gasteiger partial charge in [-0.3, -0.25) is 4.79 Å². The van der Waals surface area contributed by atoms with Crippen molar-refractivity contribution in [1.82, 2.24) is 0 Å². The number of amides is 1. The Balaban J connectivity index is 1.70. The number of rotatable bonds is 6. The van der Waals surface area contributed by atoms with Crippen molar-refractivity contribution < 1.29 is 9.53 Å². The molecule has 5 aromatic carbocycles. The van der Waals surface area contributed by atoms with Crippen LogP contribution in [0.15, 0.2) is 127 Å². The maximum atomic E-state index is 13.4. The van der Waals surface area contributed by atoms with Crippen LogP contribution in [0.1, 0.15) is 10.4 Å². The fourth-order valence-electron chi connectivity index (χ4n) is 4.19. The van der Waals surface area contributed by atoms with Gasteiger partial charge in [0.2, 0.25) is 0 Å². The summed E-state index contributed by atoms with van der Waals surface area (Å²) in [4.78, 5) is 13.4. The molecule has 1 amide bonds.